The number of nitrogens with one attached hydrogen (secondary N) is 2. The van der Waals surface area contributed by atoms with Crippen molar-refractivity contribution in [2.45, 2.75) is 50.5 Å². The number of anilines is 1. The summed E-state index contributed by atoms with van der Waals surface area (Å²) >= 11 is 0. The largest absolute Gasteiger partial charge is 0.468 e. The smallest absolute Gasteiger partial charge is 0.240 e. The summed E-state index contributed by atoms with van der Waals surface area (Å²) in [6.45, 7) is 2.21. The molecule has 0 saturated carbocycles. The lowest BCUT2D eigenvalue weighted by Crippen LogP contribution is -2.23. The van der Waals surface area contributed by atoms with E-state index < -0.39 is 10.0 Å². The van der Waals surface area contributed by atoms with Crippen molar-refractivity contribution in [1.82, 2.24) is 4.72 Å². The van der Waals surface area contributed by atoms with Gasteiger partial charge in [-0.3, -0.25) is 4.79 Å². The maximum atomic E-state index is 12.2. The minimum absolute atomic E-state index is 0.0531. The van der Waals surface area contributed by atoms with Gasteiger partial charge in [0.15, 0.2) is 0 Å². The molecule has 7 heteroatoms. The van der Waals surface area contributed by atoms with Crippen molar-refractivity contribution in [1.29, 1.82) is 0 Å². The highest BCUT2D eigenvalue weighted by atomic mass is 32.2. The molecule has 6 nitrogen and oxygen atoms in total. The molecule has 1 amide bonds. The third-order valence-electron chi connectivity index (χ3n) is 3.72. The van der Waals surface area contributed by atoms with Gasteiger partial charge in [-0.2, -0.15) is 0 Å². The second-order valence-electron chi connectivity index (χ2n) is 5.79. The van der Waals surface area contributed by atoms with Crippen LogP contribution in [0.2, 0.25) is 0 Å². The summed E-state index contributed by atoms with van der Waals surface area (Å²) in [6, 6.07) is 9.51. The molecule has 25 heavy (non-hydrogen) atoms. The quantitative estimate of drug-likeness (QED) is 0.630. The first-order chi connectivity index (χ1) is 12.0. The lowest BCUT2D eigenvalue weighted by atomic mass is 10.1. The Kier molecular flexibility index (Phi) is 7.21. The van der Waals surface area contributed by atoms with Crippen LogP contribution >= 0.6 is 0 Å². The van der Waals surface area contributed by atoms with Crippen molar-refractivity contribution in [2.75, 3.05) is 5.32 Å². The molecule has 2 aromatic rings. The van der Waals surface area contributed by atoms with E-state index in [1.165, 1.54) is 18.4 Å². The van der Waals surface area contributed by atoms with Gasteiger partial charge in [0.25, 0.3) is 0 Å². The van der Waals surface area contributed by atoms with E-state index in [9.17, 15) is 13.2 Å². The van der Waals surface area contributed by atoms with Crippen LogP contribution in [0.1, 0.15) is 44.8 Å². The highest BCUT2D eigenvalue weighted by Gasteiger charge is 2.14. The summed E-state index contributed by atoms with van der Waals surface area (Å²) in [5.74, 6) is 0.484. The Balaban J connectivity index is 1.86. The van der Waals surface area contributed by atoms with Crippen LogP contribution < -0.4 is 10.0 Å². The third-order valence-corrected chi connectivity index (χ3v) is 5.14. The molecule has 0 bridgehead atoms. The highest BCUT2D eigenvalue weighted by molar-refractivity contribution is 7.89. The number of carbonyl (C=O) groups is 1. The summed E-state index contributed by atoms with van der Waals surface area (Å²) in [4.78, 5) is 12.0. The maximum absolute atomic E-state index is 12.2. The van der Waals surface area contributed by atoms with E-state index in [4.69, 9.17) is 4.42 Å². The molecular weight excluding hydrogens is 340 g/mol. The minimum Gasteiger partial charge on any atom is -0.468 e. The molecule has 1 aromatic carbocycles. The molecule has 0 unspecified atom stereocenters. The lowest BCUT2D eigenvalue weighted by Gasteiger charge is -2.08. The minimum atomic E-state index is -3.62. The average molecular weight is 364 g/mol. The first kappa shape index (κ1) is 19.2. The van der Waals surface area contributed by atoms with Crippen LogP contribution in [0.4, 0.5) is 5.69 Å². The van der Waals surface area contributed by atoms with Gasteiger partial charge in [0.1, 0.15) is 5.76 Å². The fourth-order valence-electron chi connectivity index (χ4n) is 2.32. The summed E-state index contributed by atoms with van der Waals surface area (Å²) in [6.07, 6.45) is 6.13. The Labute approximate surface area is 148 Å². The standard InChI is InChI=1S/C18H24N2O4S/c1-2-3-4-5-8-18(21)20-15-9-11-17(12-10-15)25(22,23)19-14-16-7-6-13-24-16/h6-7,9-13,19H,2-5,8,14H2,1H3,(H,20,21). The van der Waals surface area contributed by atoms with Crippen molar-refractivity contribution >= 4 is 21.6 Å². The molecule has 0 aliphatic carbocycles. The number of hydrogen-bond donors (Lipinski definition) is 2. The molecular formula is C18H24N2O4S. The van der Waals surface area contributed by atoms with Crippen LogP contribution in [0, 0.1) is 0 Å². The van der Waals surface area contributed by atoms with E-state index in [-0.39, 0.29) is 17.3 Å². The summed E-state index contributed by atoms with van der Waals surface area (Å²) in [5.41, 5.74) is 0.588. The van der Waals surface area contributed by atoms with Crippen LogP contribution in [-0.2, 0) is 21.4 Å². The van der Waals surface area contributed by atoms with Crippen molar-refractivity contribution in [2.24, 2.45) is 0 Å². The zero-order chi connectivity index (χ0) is 18.1. The van der Waals surface area contributed by atoms with Crippen molar-refractivity contribution in [3.05, 3.63) is 48.4 Å². The fraction of sp³-hybridized carbons (Fsp3) is 0.389. The van der Waals surface area contributed by atoms with Gasteiger partial charge in [0.05, 0.1) is 17.7 Å². The molecule has 0 aliphatic rings. The molecule has 0 spiro atoms. The molecule has 0 fully saturated rings. The summed E-state index contributed by atoms with van der Waals surface area (Å²) in [5, 5.41) is 2.78. The zero-order valence-corrected chi connectivity index (χ0v) is 15.1. The van der Waals surface area contributed by atoms with E-state index in [1.807, 2.05) is 0 Å². The number of unbranched alkanes of at least 4 members (excludes halogenated alkanes) is 3. The van der Waals surface area contributed by atoms with Crippen LogP contribution in [0.25, 0.3) is 0 Å². The number of hydrogen-bond acceptors (Lipinski definition) is 4. The van der Waals surface area contributed by atoms with Gasteiger partial charge >= 0.3 is 0 Å². The lowest BCUT2D eigenvalue weighted by molar-refractivity contribution is -0.116. The number of sulfonamides is 1. The van der Waals surface area contributed by atoms with Gasteiger partial charge in [-0.1, -0.05) is 26.2 Å². The molecule has 0 saturated heterocycles. The SMILES string of the molecule is CCCCCCC(=O)Nc1ccc(S(=O)(=O)NCc2ccco2)cc1. The summed E-state index contributed by atoms with van der Waals surface area (Å²) in [7, 11) is -3.62. The topological polar surface area (TPSA) is 88.4 Å². The van der Waals surface area contributed by atoms with Crippen LogP contribution in [-0.4, -0.2) is 14.3 Å². The fourth-order valence-corrected chi connectivity index (χ4v) is 3.31. The van der Waals surface area contributed by atoms with Crippen molar-refractivity contribution in [3.8, 4) is 0 Å². The van der Waals surface area contributed by atoms with Gasteiger partial charge in [-0.25, -0.2) is 13.1 Å². The normalized spacial score (nSPS) is 11.4. The van der Waals surface area contributed by atoms with Gasteiger partial charge in [0.2, 0.25) is 15.9 Å². The number of furan rings is 1. The molecule has 2 N–H and O–H groups in total. The van der Waals surface area contributed by atoms with Crippen LogP contribution in [0.3, 0.4) is 0 Å². The third kappa shape index (κ3) is 6.36. The van der Waals surface area contributed by atoms with Gasteiger partial charge in [0, 0.05) is 12.1 Å². The Morgan fingerprint density at radius 3 is 2.48 bits per heavy atom. The van der Waals surface area contributed by atoms with E-state index in [0.717, 1.165) is 25.7 Å². The number of carbonyl (C=O) groups excluding carboxylic acids is 1. The Morgan fingerprint density at radius 2 is 1.84 bits per heavy atom. The highest BCUT2D eigenvalue weighted by Crippen LogP contribution is 2.15. The van der Waals surface area contributed by atoms with Gasteiger partial charge < -0.3 is 9.73 Å². The Morgan fingerprint density at radius 1 is 1.08 bits per heavy atom. The Bertz CT molecular complexity index is 753. The maximum Gasteiger partial charge on any atom is 0.240 e. The predicted molar refractivity (Wildman–Crippen MR) is 96.6 cm³/mol. The number of amides is 1. The first-order valence-corrected chi connectivity index (χ1v) is 9.91. The second kappa shape index (κ2) is 9.39. The average Bonchev–Trinajstić information content (AvgIpc) is 3.11. The van der Waals surface area contributed by atoms with E-state index >= 15 is 0 Å². The zero-order valence-electron chi connectivity index (χ0n) is 14.3. The molecule has 1 heterocycles. The van der Waals surface area contributed by atoms with Crippen molar-refractivity contribution < 1.29 is 17.6 Å². The number of rotatable bonds is 10. The molecule has 0 aliphatic heterocycles. The molecule has 0 radical (unpaired) electrons. The summed E-state index contributed by atoms with van der Waals surface area (Å²) < 4.78 is 32.0. The van der Waals surface area contributed by atoms with Crippen molar-refractivity contribution in [3.63, 3.8) is 0 Å². The van der Waals surface area contributed by atoms with Gasteiger partial charge in [-0.15, -0.1) is 0 Å². The molecule has 136 valence electrons. The van der Waals surface area contributed by atoms with E-state index in [0.29, 0.717) is 17.9 Å². The monoisotopic (exact) mass is 364 g/mol. The molecule has 2 rings (SSSR count). The molecule has 0 atom stereocenters. The van der Waals surface area contributed by atoms with Crippen LogP contribution in [0.15, 0.2) is 52.0 Å². The van der Waals surface area contributed by atoms with E-state index in [1.54, 1.807) is 24.3 Å². The first-order valence-electron chi connectivity index (χ1n) is 8.43. The van der Waals surface area contributed by atoms with Gasteiger partial charge in [-0.05, 0) is 42.8 Å². The second-order valence-corrected chi connectivity index (χ2v) is 7.55. The van der Waals surface area contributed by atoms with E-state index in [2.05, 4.69) is 17.0 Å². The van der Waals surface area contributed by atoms with Crippen LogP contribution in [0.5, 0.6) is 0 Å². The Hall–Kier alpha value is -2.12. The predicted octanol–water partition coefficient (Wildman–Crippen LogP) is 3.67. The number of benzene rings is 1. The molecule has 1 aromatic heterocycles.